The van der Waals surface area contributed by atoms with Gasteiger partial charge in [-0.15, -0.1) is 0 Å². The first kappa shape index (κ1) is 18.1. The minimum Gasteiger partial charge on any atom is -0.489 e. The van der Waals surface area contributed by atoms with Crippen LogP contribution in [0.4, 0.5) is 0 Å². The lowest BCUT2D eigenvalue weighted by Gasteiger charge is -2.29. The fraction of sp³-hybridized carbons (Fsp3) is 0.545. The molecule has 0 spiro atoms. The van der Waals surface area contributed by atoms with E-state index >= 15 is 0 Å². The van der Waals surface area contributed by atoms with Crippen molar-refractivity contribution < 1.29 is 9.53 Å². The average Bonchev–Trinajstić information content (AvgIpc) is 2.94. The number of aromatic nitrogens is 1. The van der Waals surface area contributed by atoms with E-state index in [0.29, 0.717) is 12.0 Å². The van der Waals surface area contributed by atoms with Crippen molar-refractivity contribution in [3.05, 3.63) is 40.2 Å². The number of hydrogen-bond acceptors (Lipinski definition) is 3. The molecule has 1 amide bonds. The third-order valence-corrected chi connectivity index (χ3v) is 5.90. The molecule has 1 unspecified atom stereocenters. The number of nitrogens with zero attached hydrogens (tertiary/aromatic N) is 1. The Hall–Kier alpha value is -2.30. The molecule has 2 heterocycles. The van der Waals surface area contributed by atoms with Gasteiger partial charge in [-0.25, -0.2) is 0 Å². The highest BCUT2D eigenvalue weighted by molar-refractivity contribution is 5.98. The van der Waals surface area contributed by atoms with E-state index < -0.39 is 0 Å². The number of ether oxygens (including phenoxy) is 1. The second-order valence-electron chi connectivity index (χ2n) is 7.85. The minimum atomic E-state index is -0.232. The van der Waals surface area contributed by atoms with Crippen molar-refractivity contribution in [3.8, 4) is 5.75 Å². The molecule has 1 aliphatic heterocycles. The summed E-state index contributed by atoms with van der Waals surface area (Å²) in [5, 5.41) is 3.70. The van der Waals surface area contributed by atoms with Crippen LogP contribution in [0, 0.1) is 0 Å². The quantitative estimate of drug-likeness (QED) is 0.823. The Morgan fingerprint density at radius 2 is 2.00 bits per heavy atom. The van der Waals surface area contributed by atoms with Gasteiger partial charge in [0.1, 0.15) is 17.9 Å². The Balaban J connectivity index is 1.74. The third kappa shape index (κ3) is 3.47. The fourth-order valence-electron chi connectivity index (χ4n) is 4.45. The molecule has 5 heteroatoms. The van der Waals surface area contributed by atoms with Crippen molar-refractivity contribution in [1.82, 2.24) is 9.88 Å². The van der Waals surface area contributed by atoms with E-state index in [1.54, 1.807) is 12.3 Å². The summed E-state index contributed by atoms with van der Waals surface area (Å²) in [6.45, 7) is 2.71. The van der Waals surface area contributed by atoms with Gasteiger partial charge in [0, 0.05) is 12.2 Å². The molecule has 0 saturated heterocycles. The Morgan fingerprint density at radius 3 is 2.74 bits per heavy atom. The highest BCUT2D eigenvalue weighted by atomic mass is 16.5. The summed E-state index contributed by atoms with van der Waals surface area (Å²) in [5.74, 6) is 0.498. The van der Waals surface area contributed by atoms with Crippen molar-refractivity contribution in [2.24, 2.45) is 0 Å². The lowest BCUT2D eigenvalue weighted by Crippen LogP contribution is -2.38. The molecule has 1 saturated carbocycles. The molecular weight excluding hydrogens is 340 g/mol. The molecule has 1 aromatic carbocycles. The van der Waals surface area contributed by atoms with Gasteiger partial charge in [0.2, 0.25) is 5.43 Å². The summed E-state index contributed by atoms with van der Waals surface area (Å²) in [4.78, 5) is 26.0. The zero-order chi connectivity index (χ0) is 18.8. The number of carbonyl (C=O) groups excluding carboxylic acids is 1. The van der Waals surface area contributed by atoms with E-state index in [4.69, 9.17) is 4.74 Å². The number of carbonyl (C=O) groups is 1. The topological polar surface area (TPSA) is 60.3 Å². The number of benzene rings is 1. The molecule has 144 valence electrons. The summed E-state index contributed by atoms with van der Waals surface area (Å²) in [6, 6.07) is 5.86. The molecule has 4 rings (SSSR count). The van der Waals surface area contributed by atoms with Crippen LogP contribution in [0.1, 0.15) is 74.7 Å². The van der Waals surface area contributed by atoms with Crippen LogP contribution in [0.25, 0.3) is 10.9 Å². The largest absolute Gasteiger partial charge is 0.489 e. The van der Waals surface area contributed by atoms with Crippen LogP contribution in [0.3, 0.4) is 0 Å². The zero-order valence-corrected chi connectivity index (χ0v) is 16.0. The Bertz CT molecular complexity index is 894. The maximum atomic E-state index is 13.1. The summed E-state index contributed by atoms with van der Waals surface area (Å²) >= 11 is 0. The predicted octanol–water partition coefficient (Wildman–Crippen LogP) is 4.19. The number of rotatable bonds is 4. The number of hydrogen-bond donors (Lipinski definition) is 1. The van der Waals surface area contributed by atoms with E-state index in [1.165, 1.54) is 12.8 Å². The van der Waals surface area contributed by atoms with Gasteiger partial charge >= 0.3 is 0 Å². The van der Waals surface area contributed by atoms with E-state index in [2.05, 4.69) is 16.8 Å². The van der Waals surface area contributed by atoms with Crippen molar-refractivity contribution in [2.75, 3.05) is 6.61 Å². The number of nitrogens with one attached hydrogen (secondary N) is 1. The van der Waals surface area contributed by atoms with Crippen LogP contribution < -0.4 is 15.5 Å². The van der Waals surface area contributed by atoms with Crippen LogP contribution >= 0.6 is 0 Å². The first-order valence-electron chi connectivity index (χ1n) is 10.3. The summed E-state index contributed by atoms with van der Waals surface area (Å²) in [5.41, 5.74) is 0.875. The molecule has 27 heavy (non-hydrogen) atoms. The van der Waals surface area contributed by atoms with E-state index in [0.717, 1.165) is 49.8 Å². The van der Waals surface area contributed by atoms with Crippen molar-refractivity contribution >= 4 is 16.8 Å². The Morgan fingerprint density at radius 1 is 1.22 bits per heavy atom. The average molecular weight is 368 g/mol. The van der Waals surface area contributed by atoms with Gasteiger partial charge in [-0.1, -0.05) is 45.1 Å². The number of amides is 1. The fourth-order valence-corrected chi connectivity index (χ4v) is 4.45. The second-order valence-corrected chi connectivity index (χ2v) is 7.85. The molecule has 5 nitrogen and oxygen atoms in total. The molecule has 1 aromatic heterocycles. The number of pyridine rings is 1. The predicted molar refractivity (Wildman–Crippen MR) is 107 cm³/mol. The van der Waals surface area contributed by atoms with E-state index in [9.17, 15) is 9.59 Å². The maximum absolute atomic E-state index is 13.1. The van der Waals surface area contributed by atoms with Gasteiger partial charge in [0.25, 0.3) is 5.91 Å². The zero-order valence-electron chi connectivity index (χ0n) is 16.0. The number of para-hydroxylation sites is 1. The van der Waals surface area contributed by atoms with Crippen molar-refractivity contribution in [1.29, 1.82) is 0 Å². The molecule has 1 atom stereocenters. The van der Waals surface area contributed by atoms with Gasteiger partial charge < -0.3 is 14.6 Å². The van der Waals surface area contributed by atoms with Crippen molar-refractivity contribution in [2.45, 2.75) is 70.4 Å². The lowest BCUT2D eigenvalue weighted by molar-refractivity contribution is 0.0931. The SMILES string of the molecule is CCCC1COc2cccc3c(=O)c(C(=O)NC4CCCCCC4)cn1c23. The molecular formula is C22H28N2O3. The molecule has 2 aliphatic rings. The molecule has 0 radical (unpaired) electrons. The van der Waals surface area contributed by atoms with Crippen LogP contribution in [0.5, 0.6) is 5.75 Å². The van der Waals surface area contributed by atoms with Gasteiger partial charge in [-0.05, 0) is 31.4 Å². The van der Waals surface area contributed by atoms with E-state index in [-0.39, 0.29) is 29.0 Å². The molecule has 1 N–H and O–H groups in total. The van der Waals surface area contributed by atoms with Crippen LogP contribution in [-0.4, -0.2) is 23.1 Å². The van der Waals surface area contributed by atoms with Crippen LogP contribution in [0.15, 0.2) is 29.2 Å². The maximum Gasteiger partial charge on any atom is 0.256 e. The molecule has 1 aliphatic carbocycles. The van der Waals surface area contributed by atoms with Crippen LogP contribution in [0.2, 0.25) is 0 Å². The third-order valence-electron chi connectivity index (χ3n) is 5.90. The molecule has 0 bridgehead atoms. The smallest absolute Gasteiger partial charge is 0.256 e. The molecule has 2 aromatic rings. The highest BCUT2D eigenvalue weighted by Gasteiger charge is 2.26. The first-order chi connectivity index (χ1) is 13.2. The summed E-state index contributed by atoms with van der Waals surface area (Å²) in [7, 11) is 0. The summed E-state index contributed by atoms with van der Waals surface area (Å²) in [6.07, 6.45) is 10.5. The summed E-state index contributed by atoms with van der Waals surface area (Å²) < 4.78 is 7.99. The standard InChI is InChI=1S/C22H28N2O3/c1-2-8-16-14-27-19-12-7-11-17-20(19)24(16)13-18(21(17)25)22(26)23-15-9-5-3-4-6-10-15/h7,11-13,15-16H,2-6,8-10,14H2,1H3,(H,23,26). The van der Waals surface area contributed by atoms with Gasteiger partial charge in [-0.3, -0.25) is 9.59 Å². The van der Waals surface area contributed by atoms with Crippen LogP contribution in [-0.2, 0) is 0 Å². The van der Waals surface area contributed by atoms with Gasteiger partial charge in [-0.2, -0.15) is 0 Å². The molecule has 1 fully saturated rings. The van der Waals surface area contributed by atoms with E-state index in [1.807, 2.05) is 12.1 Å². The minimum absolute atomic E-state index is 0.150. The lowest BCUT2D eigenvalue weighted by atomic mass is 10.0. The Labute approximate surface area is 159 Å². The first-order valence-corrected chi connectivity index (χ1v) is 10.3. The normalized spacial score (nSPS) is 20.1. The van der Waals surface area contributed by atoms with Gasteiger partial charge in [0.15, 0.2) is 0 Å². The second kappa shape index (κ2) is 7.75. The monoisotopic (exact) mass is 368 g/mol. The van der Waals surface area contributed by atoms with Gasteiger partial charge in [0.05, 0.1) is 16.9 Å². The Kier molecular flexibility index (Phi) is 5.19. The van der Waals surface area contributed by atoms with Crippen molar-refractivity contribution in [3.63, 3.8) is 0 Å². The highest BCUT2D eigenvalue weighted by Crippen LogP contribution is 2.33.